The van der Waals surface area contributed by atoms with Crippen LogP contribution in [0.4, 0.5) is 11.4 Å². The Hall–Kier alpha value is -3.79. The van der Waals surface area contributed by atoms with Gasteiger partial charge in [0, 0.05) is 18.7 Å². The van der Waals surface area contributed by atoms with Crippen molar-refractivity contribution in [3.8, 4) is 17.2 Å². The zero-order valence-corrected chi connectivity index (χ0v) is 18.2. The number of hydrogen-bond acceptors (Lipinski definition) is 9. The smallest absolute Gasteiger partial charge is 0.294 e. The molecule has 1 fully saturated rings. The average Bonchev–Trinajstić information content (AvgIpc) is 3.22. The van der Waals surface area contributed by atoms with Gasteiger partial charge in [-0.25, -0.2) is 5.43 Å². The van der Waals surface area contributed by atoms with Crippen LogP contribution in [-0.2, 0) is 9.53 Å². The van der Waals surface area contributed by atoms with E-state index in [9.17, 15) is 4.79 Å². The predicted octanol–water partition coefficient (Wildman–Crippen LogP) is 1.85. The lowest BCUT2D eigenvalue weighted by atomic mass is 10.1. The number of ether oxygens (including phenoxy) is 4. The first kappa shape index (κ1) is 21.4. The minimum absolute atomic E-state index is 0.168. The number of methoxy groups -OCH3 is 3. The molecule has 0 aliphatic carbocycles. The second-order valence-electron chi connectivity index (χ2n) is 7.03. The number of rotatable bonds is 7. The summed E-state index contributed by atoms with van der Waals surface area (Å²) in [6.07, 6.45) is 0. The van der Waals surface area contributed by atoms with Crippen LogP contribution in [0, 0.1) is 0 Å². The fourth-order valence-electron chi connectivity index (χ4n) is 3.54. The number of anilines is 2. The van der Waals surface area contributed by atoms with Gasteiger partial charge in [-0.15, -0.1) is 0 Å². The fourth-order valence-corrected chi connectivity index (χ4v) is 3.54. The third kappa shape index (κ3) is 4.30. The number of hydrogen-bond donors (Lipinski definition) is 2. The van der Waals surface area contributed by atoms with Crippen LogP contribution in [0.25, 0.3) is 0 Å². The summed E-state index contributed by atoms with van der Waals surface area (Å²) in [4.78, 5) is 14.6. The van der Waals surface area contributed by atoms with E-state index in [2.05, 4.69) is 26.0 Å². The molecule has 168 valence electrons. The Balaban J connectivity index is 1.59. The highest BCUT2D eigenvalue weighted by Crippen LogP contribution is 2.32. The molecule has 0 unspecified atom stereocenters. The Labute approximate surface area is 185 Å². The number of hydrazone groups is 2. The molecule has 2 heterocycles. The number of morpholine rings is 1. The van der Waals surface area contributed by atoms with Gasteiger partial charge in [-0.05, 0) is 36.4 Å². The third-order valence-electron chi connectivity index (χ3n) is 5.19. The number of carbonyl (C=O) groups is 1. The molecule has 10 nitrogen and oxygen atoms in total. The highest BCUT2D eigenvalue weighted by atomic mass is 16.5. The molecular weight excluding hydrogens is 414 g/mol. The van der Waals surface area contributed by atoms with Crippen LogP contribution >= 0.6 is 0 Å². The molecule has 2 aliphatic heterocycles. The van der Waals surface area contributed by atoms with Crippen molar-refractivity contribution < 1.29 is 23.7 Å². The highest BCUT2D eigenvalue weighted by Gasteiger charge is 2.27. The molecule has 4 rings (SSSR count). The van der Waals surface area contributed by atoms with E-state index in [1.54, 1.807) is 39.5 Å². The van der Waals surface area contributed by atoms with Crippen molar-refractivity contribution >= 4 is 28.7 Å². The number of nitrogens with zero attached hydrogens (tertiary/aromatic N) is 3. The highest BCUT2D eigenvalue weighted by molar-refractivity contribution is 6.72. The van der Waals surface area contributed by atoms with E-state index in [-0.39, 0.29) is 5.71 Å². The summed E-state index contributed by atoms with van der Waals surface area (Å²) in [5.74, 6) is 1.48. The topological polar surface area (TPSA) is 106 Å². The van der Waals surface area contributed by atoms with E-state index in [0.717, 1.165) is 24.5 Å². The SMILES string of the molecule is COc1ccc(C2=NNC(=O)/C2=N/Nc2ccc(OC)c(N3CCOCC3)c2)cc1OC. The number of benzene rings is 2. The molecule has 2 N–H and O–H groups in total. The Morgan fingerprint density at radius 2 is 1.72 bits per heavy atom. The molecule has 1 saturated heterocycles. The molecule has 1 amide bonds. The van der Waals surface area contributed by atoms with Gasteiger partial charge < -0.3 is 23.8 Å². The summed E-state index contributed by atoms with van der Waals surface area (Å²) in [5.41, 5.74) is 8.34. The lowest BCUT2D eigenvalue weighted by Crippen LogP contribution is -2.36. The van der Waals surface area contributed by atoms with Gasteiger partial charge >= 0.3 is 0 Å². The summed E-state index contributed by atoms with van der Waals surface area (Å²) in [6.45, 7) is 2.86. The lowest BCUT2D eigenvalue weighted by Gasteiger charge is -2.30. The Kier molecular flexibility index (Phi) is 6.41. The number of carbonyl (C=O) groups excluding carboxylic acids is 1. The van der Waals surface area contributed by atoms with Gasteiger partial charge in [-0.3, -0.25) is 10.2 Å². The minimum Gasteiger partial charge on any atom is -0.495 e. The largest absolute Gasteiger partial charge is 0.495 e. The van der Waals surface area contributed by atoms with Gasteiger partial charge in [-0.2, -0.15) is 10.2 Å². The first-order valence-electron chi connectivity index (χ1n) is 10.1. The van der Waals surface area contributed by atoms with E-state index in [0.29, 0.717) is 41.7 Å². The zero-order valence-electron chi connectivity index (χ0n) is 18.2. The van der Waals surface area contributed by atoms with Crippen LogP contribution in [-0.4, -0.2) is 65.0 Å². The lowest BCUT2D eigenvalue weighted by molar-refractivity contribution is -0.114. The molecule has 0 radical (unpaired) electrons. The molecule has 0 atom stereocenters. The van der Waals surface area contributed by atoms with Gasteiger partial charge in [-0.1, -0.05) is 0 Å². The normalized spacial score (nSPS) is 17.1. The van der Waals surface area contributed by atoms with Crippen LogP contribution in [0.5, 0.6) is 17.2 Å². The number of nitrogens with one attached hydrogen (secondary N) is 2. The van der Waals surface area contributed by atoms with Gasteiger partial charge in [0.15, 0.2) is 17.2 Å². The van der Waals surface area contributed by atoms with Gasteiger partial charge in [0.1, 0.15) is 11.5 Å². The van der Waals surface area contributed by atoms with Gasteiger partial charge in [0.2, 0.25) is 0 Å². The van der Waals surface area contributed by atoms with E-state index >= 15 is 0 Å². The van der Waals surface area contributed by atoms with Crippen LogP contribution in [0.15, 0.2) is 46.6 Å². The number of amides is 1. The van der Waals surface area contributed by atoms with Crippen LogP contribution in [0.1, 0.15) is 5.56 Å². The molecule has 0 bridgehead atoms. The fraction of sp³-hybridized carbons (Fsp3) is 0.318. The molecule has 2 aliphatic rings. The Bertz CT molecular complexity index is 1060. The minimum atomic E-state index is -0.399. The summed E-state index contributed by atoms with van der Waals surface area (Å²) in [7, 11) is 4.75. The molecule has 2 aromatic carbocycles. The van der Waals surface area contributed by atoms with Crippen LogP contribution in [0.3, 0.4) is 0 Å². The molecule has 32 heavy (non-hydrogen) atoms. The summed E-state index contributed by atoms with van der Waals surface area (Å²) in [6, 6.07) is 10.9. The van der Waals surface area contributed by atoms with Crippen molar-refractivity contribution in [1.82, 2.24) is 5.43 Å². The molecule has 2 aromatic rings. The molecule has 0 aromatic heterocycles. The maximum Gasteiger partial charge on any atom is 0.294 e. The summed E-state index contributed by atoms with van der Waals surface area (Å²) in [5, 5.41) is 8.48. The zero-order chi connectivity index (χ0) is 22.5. The van der Waals surface area contributed by atoms with Gasteiger partial charge in [0.25, 0.3) is 5.91 Å². The van der Waals surface area contributed by atoms with Crippen LogP contribution in [0.2, 0.25) is 0 Å². The van der Waals surface area contributed by atoms with Crippen molar-refractivity contribution in [3.05, 3.63) is 42.0 Å². The maximum atomic E-state index is 12.4. The quantitative estimate of drug-likeness (QED) is 0.634. The second kappa shape index (κ2) is 9.56. The Morgan fingerprint density at radius 1 is 1.00 bits per heavy atom. The van der Waals surface area contributed by atoms with Crippen molar-refractivity contribution in [1.29, 1.82) is 0 Å². The maximum absolute atomic E-state index is 12.4. The predicted molar refractivity (Wildman–Crippen MR) is 121 cm³/mol. The van der Waals surface area contributed by atoms with Crippen molar-refractivity contribution in [3.63, 3.8) is 0 Å². The molecule has 0 spiro atoms. The summed E-state index contributed by atoms with van der Waals surface area (Å²) < 4.78 is 21.6. The second-order valence-corrected chi connectivity index (χ2v) is 7.03. The standard InChI is InChI=1S/C22H25N5O5/c1-29-17-7-5-15(13-16(17)27-8-10-32-11-9-27)23-25-21-20(24-26-22(21)28)14-4-6-18(30-2)19(12-14)31-3/h4-7,12-13,23H,8-11H2,1-3H3,(H,25,26,28). The van der Waals surface area contributed by atoms with Gasteiger partial charge in [0.05, 0.1) is 45.9 Å². The van der Waals surface area contributed by atoms with Crippen molar-refractivity contribution in [2.75, 3.05) is 58.0 Å². The summed E-state index contributed by atoms with van der Waals surface area (Å²) >= 11 is 0. The first-order valence-corrected chi connectivity index (χ1v) is 10.1. The molecule has 10 heteroatoms. The first-order chi connectivity index (χ1) is 15.6. The van der Waals surface area contributed by atoms with E-state index in [1.807, 2.05) is 18.2 Å². The van der Waals surface area contributed by atoms with Crippen molar-refractivity contribution in [2.45, 2.75) is 0 Å². The van der Waals surface area contributed by atoms with Crippen molar-refractivity contribution in [2.24, 2.45) is 10.2 Å². The van der Waals surface area contributed by atoms with E-state index < -0.39 is 5.91 Å². The monoisotopic (exact) mass is 439 g/mol. The van der Waals surface area contributed by atoms with Crippen LogP contribution < -0.4 is 30.0 Å². The molecule has 0 saturated carbocycles. The van der Waals surface area contributed by atoms with E-state index in [1.165, 1.54) is 0 Å². The molecular formula is C22H25N5O5. The third-order valence-corrected chi connectivity index (χ3v) is 5.19. The average molecular weight is 439 g/mol. The van der Waals surface area contributed by atoms with E-state index in [4.69, 9.17) is 18.9 Å². The Morgan fingerprint density at radius 3 is 2.44 bits per heavy atom.